The quantitative estimate of drug-likeness (QED) is 0.856. The van der Waals surface area contributed by atoms with E-state index in [0.29, 0.717) is 22.9 Å². The number of carbonyl (C=O) groups is 1. The van der Waals surface area contributed by atoms with Crippen molar-refractivity contribution in [3.8, 4) is 17.2 Å². The number of ether oxygens (including phenoxy) is 3. The average Bonchev–Trinajstić information content (AvgIpc) is 3.02. The molecule has 136 valence electrons. The molecule has 1 aromatic carbocycles. The van der Waals surface area contributed by atoms with Crippen LogP contribution in [0.15, 0.2) is 22.7 Å². The second kappa shape index (κ2) is 7.33. The Balaban J connectivity index is 2.14. The summed E-state index contributed by atoms with van der Waals surface area (Å²) in [4.78, 5) is 12.2. The van der Waals surface area contributed by atoms with E-state index in [9.17, 15) is 4.79 Å². The van der Waals surface area contributed by atoms with Crippen molar-refractivity contribution in [3.05, 3.63) is 23.9 Å². The average molecular weight is 349 g/mol. The molecule has 0 saturated heterocycles. The first-order chi connectivity index (χ1) is 11.8. The summed E-state index contributed by atoms with van der Waals surface area (Å²) in [6.45, 7) is 6.01. The number of aromatic nitrogens is 1. The monoisotopic (exact) mass is 349 g/mol. The van der Waals surface area contributed by atoms with Gasteiger partial charge in [-0.1, -0.05) is 25.9 Å². The minimum absolute atomic E-state index is 0.170. The fourth-order valence-electron chi connectivity index (χ4n) is 2.12. The normalized spacial score (nSPS) is 11.0. The lowest BCUT2D eigenvalue weighted by Gasteiger charge is -2.14. The fourth-order valence-corrected chi connectivity index (χ4v) is 2.12. The summed E-state index contributed by atoms with van der Waals surface area (Å²) in [5.74, 6) is 1.58. The lowest BCUT2D eigenvalue weighted by molar-refractivity contribution is 0.261. The van der Waals surface area contributed by atoms with Crippen LogP contribution in [0.1, 0.15) is 26.5 Å². The van der Waals surface area contributed by atoms with Crippen molar-refractivity contribution in [1.29, 1.82) is 0 Å². The number of carbonyl (C=O) groups excluding carboxylic acids is 1. The van der Waals surface area contributed by atoms with Crippen molar-refractivity contribution in [2.75, 3.05) is 32.0 Å². The van der Waals surface area contributed by atoms with Gasteiger partial charge < -0.3 is 24.1 Å². The van der Waals surface area contributed by atoms with E-state index in [2.05, 4.69) is 15.8 Å². The van der Waals surface area contributed by atoms with Crippen LogP contribution in [-0.2, 0) is 5.41 Å². The van der Waals surface area contributed by atoms with Crippen molar-refractivity contribution in [1.82, 2.24) is 5.16 Å². The maximum Gasteiger partial charge on any atom is 0.326 e. The van der Waals surface area contributed by atoms with Gasteiger partial charge in [-0.2, -0.15) is 0 Å². The Morgan fingerprint density at radius 1 is 1.00 bits per heavy atom. The molecule has 0 atom stereocenters. The SMILES string of the molecule is COc1cc(NC(=O)Nc2cc(C(C)(C)C)no2)cc(OC)c1OC. The van der Waals surface area contributed by atoms with Gasteiger partial charge in [-0.25, -0.2) is 4.79 Å². The molecule has 0 unspecified atom stereocenters. The van der Waals surface area contributed by atoms with Crippen LogP contribution in [0.2, 0.25) is 0 Å². The highest BCUT2D eigenvalue weighted by atomic mass is 16.5. The van der Waals surface area contributed by atoms with E-state index in [1.54, 1.807) is 18.2 Å². The second-order valence-corrected chi connectivity index (χ2v) is 6.32. The molecule has 2 rings (SSSR count). The first kappa shape index (κ1) is 18.4. The predicted molar refractivity (Wildman–Crippen MR) is 93.9 cm³/mol. The van der Waals surface area contributed by atoms with Crippen molar-refractivity contribution in [3.63, 3.8) is 0 Å². The molecule has 25 heavy (non-hydrogen) atoms. The zero-order valence-corrected chi connectivity index (χ0v) is 15.2. The van der Waals surface area contributed by atoms with E-state index in [4.69, 9.17) is 18.7 Å². The maximum atomic E-state index is 12.2. The molecule has 0 aliphatic rings. The minimum atomic E-state index is -0.481. The highest BCUT2D eigenvalue weighted by molar-refractivity contribution is 5.99. The number of rotatable bonds is 5. The summed E-state index contributed by atoms with van der Waals surface area (Å²) in [6.07, 6.45) is 0. The van der Waals surface area contributed by atoms with E-state index >= 15 is 0 Å². The Labute approximate surface area is 146 Å². The van der Waals surface area contributed by atoms with Crippen LogP contribution in [0.3, 0.4) is 0 Å². The molecular weight excluding hydrogens is 326 g/mol. The molecule has 8 nitrogen and oxygen atoms in total. The molecule has 1 aromatic heterocycles. The van der Waals surface area contributed by atoms with Crippen LogP contribution in [0, 0.1) is 0 Å². The number of methoxy groups -OCH3 is 3. The predicted octanol–water partition coefficient (Wildman–Crippen LogP) is 3.64. The molecule has 0 bridgehead atoms. The van der Waals surface area contributed by atoms with Crippen molar-refractivity contribution in [2.45, 2.75) is 26.2 Å². The lowest BCUT2D eigenvalue weighted by Crippen LogP contribution is -2.19. The summed E-state index contributed by atoms with van der Waals surface area (Å²) in [5.41, 5.74) is 1.05. The number of hydrogen-bond donors (Lipinski definition) is 2. The largest absolute Gasteiger partial charge is 0.493 e. The maximum absolute atomic E-state index is 12.2. The number of urea groups is 1. The summed E-state index contributed by atoms with van der Waals surface area (Å²) >= 11 is 0. The molecule has 1 heterocycles. The molecule has 2 N–H and O–H groups in total. The first-order valence-electron chi connectivity index (χ1n) is 7.63. The first-order valence-corrected chi connectivity index (χ1v) is 7.63. The molecular formula is C17H23N3O5. The van der Waals surface area contributed by atoms with Crippen molar-refractivity contribution < 1.29 is 23.5 Å². The van der Waals surface area contributed by atoms with Gasteiger partial charge in [0.25, 0.3) is 0 Å². The standard InChI is InChI=1S/C17H23N3O5/c1-17(2,3)13-9-14(25-20-13)19-16(21)18-10-7-11(22-4)15(24-6)12(8-10)23-5/h7-9H,1-6H3,(H2,18,19,21). The molecule has 8 heteroatoms. The summed E-state index contributed by atoms with van der Waals surface area (Å²) in [6, 6.07) is 4.46. The summed E-state index contributed by atoms with van der Waals surface area (Å²) in [5, 5.41) is 9.23. The van der Waals surface area contributed by atoms with E-state index < -0.39 is 6.03 Å². The molecule has 0 saturated carbocycles. The Bertz CT molecular complexity index is 724. The van der Waals surface area contributed by atoms with Gasteiger partial charge in [0.2, 0.25) is 11.6 Å². The highest BCUT2D eigenvalue weighted by Gasteiger charge is 2.20. The van der Waals surface area contributed by atoms with E-state index in [1.165, 1.54) is 21.3 Å². The van der Waals surface area contributed by atoms with Gasteiger partial charge in [-0.15, -0.1) is 0 Å². The fraction of sp³-hybridized carbons (Fsp3) is 0.412. The third kappa shape index (κ3) is 4.34. The van der Waals surface area contributed by atoms with Gasteiger partial charge in [0.15, 0.2) is 11.5 Å². The van der Waals surface area contributed by atoms with E-state index in [1.807, 2.05) is 20.8 Å². The van der Waals surface area contributed by atoms with E-state index in [-0.39, 0.29) is 11.3 Å². The van der Waals surface area contributed by atoms with Crippen LogP contribution in [0.5, 0.6) is 17.2 Å². The second-order valence-electron chi connectivity index (χ2n) is 6.32. The van der Waals surface area contributed by atoms with Gasteiger partial charge in [0.05, 0.1) is 32.7 Å². The molecule has 0 fully saturated rings. The number of amides is 2. The molecule has 0 radical (unpaired) electrons. The number of nitrogens with zero attached hydrogens (tertiary/aromatic N) is 1. The molecule has 0 aliphatic carbocycles. The van der Waals surface area contributed by atoms with Crippen LogP contribution in [0.25, 0.3) is 0 Å². The van der Waals surface area contributed by atoms with Gasteiger partial charge in [-0.3, -0.25) is 5.32 Å². The number of anilines is 2. The highest BCUT2D eigenvalue weighted by Crippen LogP contribution is 2.39. The number of hydrogen-bond acceptors (Lipinski definition) is 6. The topological polar surface area (TPSA) is 94.9 Å². The van der Waals surface area contributed by atoms with Gasteiger partial charge >= 0.3 is 6.03 Å². The Morgan fingerprint density at radius 2 is 1.60 bits per heavy atom. The zero-order valence-electron chi connectivity index (χ0n) is 15.2. The van der Waals surface area contributed by atoms with Crippen molar-refractivity contribution in [2.24, 2.45) is 0 Å². The molecule has 0 aliphatic heterocycles. The summed E-state index contributed by atoms with van der Waals surface area (Å²) < 4.78 is 20.9. The third-order valence-electron chi connectivity index (χ3n) is 3.44. The third-order valence-corrected chi connectivity index (χ3v) is 3.44. The van der Waals surface area contributed by atoms with Gasteiger partial charge in [0, 0.05) is 23.6 Å². The Morgan fingerprint density at radius 3 is 2.04 bits per heavy atom. The number of benzene rings is 1. The Hall–Kier alpha value is -2.90. The number of nitrogens with one attached hydrogen (secondary N) is 2. The minimum Gasteiger partial charge on any atom is -0.493 e. The molecule has 2 amide bonds. The molecule has 2 aromatic rings. The van der Waals surface area contributed by atoms with E-state index in [0.717, 1.165) is 5.69 Å². The van der Waals surface area contributed by atoms with Gasteiger partial charge in [-0.05, 0) is 0 Å². The van der Waals surface area contributed by atoms with Crippen LogP contribution in [-0.4, -0.2) is 32.5 Å². The smallest absolute Gasteiger partial charge is 0.326 e. The summed E-state index contributed by atoms with van der Waals surface area (Å²) in [7, 11) is 4.52. The van der Waals surface area contributed by atoms with Crippen LogP contribution in [0.4, 0.5) is 16.4 Å². The van der Waals surface area contributed by atoms with Gasteiger partial charge in [0.1, 0.15) is 0 Å². The van der Waals surface area contributed by atoms with Crippen LogP contribution >= 0.6 is 0 Å². The lowest BCUT2D eigenvalue weighted by atomic mass is 9.92. The van der Waals surface area contributed by atoms with Crippen molar-refractivity contribution >= 4 is 17.6 Å². The zero-order chi connectivity index (χ0) is 18.6. The van der Waals surface area contributed by atoms with Crippen LogP contribution < -0.4 is 24.8 Å². The molecule has 0 spiro atoms. The Kier molecular flexibility index (Phi) is 5.41.